The number of hydrogen-bond donors (Lipinski definition) is 1. The fourth-order valence-corrected chi connectivity index (χ4v) is 3.56. The molecule has 1 saturated heterocycles. The Morgan fingerprint density at radius 1 is 1.27 bits per heavy atom. The maximum absolute atomic E-state index is 5.94. The van der Waals surface area contributed by atoms with E-state index in [1.807, 2.05) is 0 Å². The van der Waals surface area contributed by atoms with Crippen molar-refractivity contribution in [2.75, 3.05) is 19.6 Å². The molecule has 0 aromatic rings. The van der Waals surface area contributed by atoms with Crippen LogP contribution in [0.25, 0.3) is 0 Å². The lowest BCUT2D eigenvalue weighted by Gasteiger charge is -2.31. The van der Waals surface area contributed by atoms with Gasteiger partial charge < -0.3 is 5.73 Å². The molecule has 15 heavy (non-hydrogen) atoms. The first-order valence-corrected chi connectivity index (χ1v) is 6.70. The Morgan fingerprint density at radius 2 is 1.87 bits per heavy atom. The number of nitrogens with two attached hydrogens (primary N) is 1. The molecule has 0 radical (unpaired) electrons. The van der Waals surface area contributed by atoms with Gasteiger partial charge in [0.05, 0.1) is 0 Å². The lowest BCUT2D eigenvalue weighted by Crippen LogP contribution is -2.43. The van der Waals surface area contributed by atoms with Crippen LogP contribution in [0, 0.1) is 17.8 Å². The predicted molar refractivity (Wildman–Crippen MR) is 64.7 cm³/mol. The van der Waals surface area contributed by atoms with Gasteiger partial charge in [0.15, 0.2) is 0 Å². The molecule has 0 aromatic carbocycles. The van der Waals surface area contributed by atoms with Crippen LogP contribution in [0.1, 0.15) is 39.5 Å². The number of hydrogen-bond acceptors (Lipinski definition) is 2. The molecule has 1 saturated carbocycles. The highest BCUT2D eigenvalue weighted by Crippen LogP contribution is 2.39. The quantitative estimate of drug-likeness (QED) is 0.770. The Morgan fingerprint density at radius 3 is 2.33 bits per heavy atom. The maximum Gasteiger partial charge on any atom is 0.0244 e. The van der Waals surface area contributed by atoms with Gasteiger partial charge in [-0.25, -0.2) is 0 Å². The van der Waals surface area contributed by atoms with Gasteiger partial charge in [-0.3, -0.25) is 4.90 Å². The fourth-order valence-electron chi connectivity index (χ4n) is 3.56. The summed E-state index contributed by atoms with van der Waals surface area (Å²) >= 11 is 0. The van der Waals surface area contributed by atoms with Crippen molar-refractivity contribution in [1.29, 1.82) is 0 Å². The van der Waals surface area contributed by atoms with Crippen molar-refractivity contribution >= 4 is 0 Å². The summed E-state index contributed by atoms with van der Waals surface area (Å²) in [6.45, 7) is 8.14. The van der Waals surface area contributed by atoms with E-state index >= 15 is 0 Å². The fraction of sp³-hybridized carbons (Fsp3) is 1.00. The molecule has 4 unspecified atom stereocenters. The lowest BCUT2D eigenvalue weighted by molar-refractivity contribution is 0.172. The molecule has 4 atom stereocenters. The van der Waals surface area contributed by atoms with E-state index in [9.17, 15) is 0 Å². The van der Waals surface area contributed by atoms with Crippen molar-refractivity contribution in [1.82, 2.24) is 4.90 Å². The highest BCUT2D eigenvalue weighted by molar-refractivity contribution is 4.92. The summed E-state index contributed by atoms with van der Waals surface area (Å²) in [5.41, 5.74) is 5.94. The predicted octanol–water partition coefficient (Wildman–Crippen LogP) is 2.09. The monoisotopic (exact) mass is 210 g/mol. The zero-order chi connectivity index (χ0) is 10.8. The first kappa shape index (κ1) is 11.4. The Hall–Kier alpha value is -0.0800. The Labute approximate surface area is 94.2 Å². The van der Waals surface area contributed by atoms with Gasteiger partial charge in [0.1, 0.15) is 0 Å². The molecule has 2 nitrogen and oxygen atoms in total. The molecule has 2 N–H and O–H groups in total. The normalized spacial score (nSPS) is 35.4. The smallest absolute Gasteiger partial charge is 0.0244 e. The number of likely N-dealkylation sites (tertiary alicyclic amines) is 1. The molecule has 0 spiro atoms. The van der Waals surface area contributed by atoms with Gasteiger partial charge >= 0.3 is 0 Å². The molecular weight excluding hydrogens is 184 g/mol. The summed E-state index contributed by atoms with van der Waals surface area (Å²) in [4.78, 5) is 2.68. The zero-order valence-electron chi connectivity index (χ0n) is 10.3. The van der Waals surface area contributed by atoms with Crippen LogP contribution in [0.5, 0.6) is 0 Å². The maximum atomic E-state index is 5.94. The SMILES string of the molecule is CCC(C)C(CN)N1CC2CCCC2C1. The van der Waals surface area contributed by atoms with Crippen LogP contribution in [-0.4, -0.2) is 30.6 Å². The third-order valence-electron chi connectivity index (χ3n) is 4.77. The summed E-state index contributed by atoms with van der Waals surface area (Å²) in [5, 5.41) is 0. The molecule has 1 aliphatic carbocycles. The third kappa shape index (κ3) is 2.21. The van der Waals surface area contributed by atoms with Crippen molar-refractivity contribution in [2.45, 2.75) is 45.6 Å². The highest BCUT2D eigenvalue weighted by Gasteiger charge is 2.39. The average molecular weight is 210 g/mol. The number of nitrogens with zero attached hydrogens (tertiary/aromatic N) is 1. The van der Waals surface area contributed by atoms with Crippen molar-refractivity contribution in [3.63, 3.8) is 0 Å². The Balaban J connectivity index is 1.93. The molecule has 0 aromatic heterocycles. The van der Waals surface area contributed by atoms with Gasteiger partial charge in [-0.2, -0.15) is 0 Å². The molecule has 1 heterocycles. The topological polar surface area (TPSA) is 29.3 Å². The van der Waals surface area contributed by atoms with Crippen molar-refractivity contribution in [3.05, 3.63) is 0 Å². The van der Waals surface area contributed by atoms with Gasteiger partial charge in [0, 0.05) is 25.7 Å². The Bertz CT molecular complexity index is 193. The lowest BCUT2D eigenvalue weighted by atomic mass is 9.98. The van der Waals surface area contributed by atoms with Gasteiger partial charge in [-0.05, 0) is 30.6 Å². The van der Waals surface area contributed by atoms with Crippen molar-refractivity contribution in [2.24, 2.45) is 23.5 Å². The molecule has 2 fully saturated rings. The number of fused-ring (bicyclic) bond motifs is 1. The summed E-state index contributed by atoms with van der Waals surface area (Å²) < 4.78 is 0. The van der Waals surface area contributed by atoms with Crippen LogP contribution < -0.4 is 5.73 Å². The summed E-state index contributed by atoms with van der Waals surface area (Å²) in [6, 6.07) is 0.639. The minimum Gasteiger partial charge on any atom is -0.329 e. The average Bonchev–Trinajstić information content (AvgIpc) is 2.78. The third-order valence-corrected chi connectivity index (χ3v) is 4.77. The van der Waals surface area contributed by atoms with Crippen molar-refractivity contribution < 1.29 is 0 Å². The van der Waals surface area contributed by atoms with E-state index in [4.69, 9.17) is 5.73 Å². The second kappa shape index (κ2) is 4.84. The summed E-state index contributed by atoms with van der Waals surface area (Å²) in [7, 11) is 0. The molecular formula is C13H26N2. The Kier molecular flexibility index (Phi) is 3.68. The van der Waals surface area contributed by atoms with Crippen LogP contribution in [0.3, 0.4) is 0 Å². The van der Waals surface area contributed by atoms with Crippen LogP contribution >= 0.6 is 0 Å². The molecule has 88 valence electrons. The first-order valence-electron chi connectivity index (χ1n) is 6.70. The largest absolute Gasteiger partial charge is 0.329 e. The van der Waals surface area contributed by atoms with Crippen LogP contribution in [0.2, 0.25) is 0 Å². The van der Waals surface area contributed by atoms with E-state index < -0.39 is 0 Å². The molecule has 0 bridgehead atoms. The molecule has 1 aliphatic heterocycles. The van der Waals surface area contributed by atoms with E-state index in [2.05, 4.69) is 18.7 Å². The summed E-state index contributed by atoms with van der Waals surface area (Å²) in [6.07, 6.45) is 5.67. The standard InChI is InChI=1S/C13H26N2/c1-3-10(2)13(7-14)15-8-11-5-4-6-12(11)9-15/h10-13H,3-9,14H2,1-2H3. The molecule has 2 aliphatic rings. The second-order valence-corrected chi connectivity index (χ2v) is 5.59. The highest BCUT2D eigenvalue weighted by atomic mass is 15.2. The van der Waals surface area contributed by atoms with E-state index in [0.29, 0.717) is 6.04 Å². The molecule has 0 amide bonds. The van der Waals surface area contributed by atoms with Gasteiger partial charge in [0.25, 0.3) is 0 Å². The van der Waals surface area contributed by atoms with Gasteiger partial charge in [-0.1, -0.05) is 26.7 Å². The second-order valence-electron chi connectivity index (χ2n) is 5.59. The van der Waals surface area contributed by atoms with Crippen LogP contribution in [0.4, 0.5) is 0 Å². The summed E-state index contributed by atoms with van der Waals surface area (Å²) in [5.74, 6) is 2.76. The van der Waals surface area contributed by atoms with E-state index in [1.165, 1.54) is 38.8 Å². The van der Waals surface area contributed by atoms with Gasteiger partial charge in [0.2, 0.25) is 0 Å². The molecule has 2 rings (SSSR count). The molecule has 2 heteroatoms. The van der Waals surface area contributed by atoms with Gasteiger partial charge in [-0.15, -0.1) is 0 Å². The van der Waals surface area contributed by atoms with E-state index in [1.54, 1.807) is 0 Å². The van der Waals surface area contributed by atoms with E-state index in [-0.39, 0.29) is 0 Å². The van der Waals surface area contributed by atoms with Crippen molar-refractivity contribution in [3.8, 4) is 0 Å². The van der Waals surface area contributed by atoms with Crippen LogP contribution in [0.15, 0.2) is 0 Å². The zero-order valence-corrected chi connectivity index (χ0v) is 10.3. The van der Waals surface area contributed by atoms with Crippen LogP contribution in [-0.2, 0) is 0 Å². The minimum atomic E-state index is 0.639. The minimum absolute atomic E-state index is 0.639. The number of rotatable bonds is 4. The van der Waals surface area contributed by atoms with E-state index in [0.717, 1.165) is 24.3 Å². The first-order chi connectivity index (χ1) is 7.26.